The van der Waals surface area contributed by atoms with Crippen LogP contribution in [0.15, 0.2) is 54.6 Å². The average Bonchev–Trinajstić information content (AvgIpc) is 2.87. The van der Waals surface area contributed by atoms with Gasteiger partial charge >= 0.3 is 12.2 Å². The first kappa shape index (κ1) is 24.0. The molecule has 0 aliphatic carbocycles. The molecule has 2 aromatic rings. The van der Waals surface area contributed by atoms with Crippen molar-refractivity contribution in [1.82, 2.24) is 9.80 Å². The monoisotopic (exact) mass is 470 g/mol. The van der Waals surface area contributed by atoms with Gasteiger partial charge in [-0.15, -0.1) is 0 Å². The predicted molar refractivity (Wildman–Crippen MR) is 123 cm³/mol. The van der Waals surface area contributed by atoms with Crippen molar-refractivity contribution in [3.8, 4) is 0 Å². The highest BCUT2D eigenvalue weighted by Gasteiger charge is 2.44. The zero-order chi connectivity index (χ0) is 24.0. The lowest BCUT2D eigenvalue weighted by atomic mass is 9.84. The van der Waals surface area contributed by atoms with Crippen molar-refractivity contribution in [2.45, 2.75) is 50.4 Å². The Morgan fingerprint density at radius 1 is 1.15 bits per heavy atom. The smallest absolute Gasteiger partial charge is 0.410 e. The number of piperidine rings is 1. The maximum Gasteiger partial charge on any atom is 0.410 e. The minimum absolute atomic E-state index is 0.0209. The van der Waals surface area contributed by atoms with Gasteiger partial charge < -0.3 is 24.4 Å². The number of aliphatic hydroxyl groups is 1. The van der Waals surface area contributed by atoms with Crippen LogP contribution >= 0.6 is 0 Å². The molecule has 2 aromatic carbocycles. The molecule has 2 heterocycles. The van der Waals surface area contributed by atoms with Crippen LogP contribution in [-0.4, -0.2) is 59.4 Å². The first-order chi connectivity index (χ1) is 16.5. The van der Waals surface area contributed by atoms with Crippen LogP contribution in [0.25, 0.3) is 0 Å². The van der Waals surface area contributed by atoms with Crippen molar-refractivity contribution in [2.24, 2.45) is 0 Å². The molecular weight excluding hydrogens is 439 g/mol. The molecule has 0 radical (unpaired) electrons. The number of amides is 2. The van der Waals surface area contributed by atoms with Crippen LogP contribution in [0.5, 0.6) is 0 Å². The van der Waals surface area contributed by atoms with Gasteiger partial charge in [0.1, 0.15) is 18.0 Å². The molecule has 2 fully saturated rings. The molecule has 4 rings (SSSR count). The van der Waals surface area contributed by atoms with Gasteiger partial charge in [0.2, 0.25) is 0 Å². The van der Waals surface area contributed by atoms with Crippen molar-refractivity contribution in [3.05, 3.63) is 71.5 Å². The number of aliphatic hydroxyl groups excluding tert-OH is 1. The lowest BCUT2D eigenvalue weighted by molar-refractivity contribution is -0.0739. The van der Waals surface area contributed by atoms with Crippen LogP contribution < -0.4 is 0 Å². The van der Waals surface area contributed by atoms with Crippen LogP contribution in [0.4, 0.5) is 14.0 Å². The van der Waals surface area contributed by atoms with E-state index in [0.29, 0.717) is 38.9 Å². The maximum atomic E-state index is 13.5. The second kappa shape index (κ2) is 10.9. The molecule has 34 heavy (non-hydrogen) atoms. The van der Waals surface area contributed by atoms with Crippen molar-refractivity contribution in [3.63, 3.8) is 0 Å². The Bertz CT molecular complexity index is 971. The standard InChI is InChI=1S/C26H31FN2O5/c27-22-11-9-21(10-12-22)26(13-5-17-30)14-16-29(25(32)34-26)23-8-4-15-28(18-23)24(31)33-19-20-6-2-1-3-7-20/h1-3,6-7,9-12,23,30H,4-5,8,13-19H2/t23-,26+/m0/s1. The van der Waals surface area contributed by atoms with E-state index in [0.717, 1.165) is 24.0 Å². The summed E-state index contributed by atoms with van der Waals surface area (Å²) in [5.74, 6) is -0.355. The van der Waals surface area contributed by atoms with Crippen LogP contribution in [0.1, 0.15) is 43.2 Å². The molecular formula is C26H31FN2O5. The molecule has 1 N–H and O–H groups in total. The van der Waals surface area contributed by atoms with Crippen molar-refractivity contribution in [2.75, 3.05) is 26.2 Å². The summed E-state index contributed by atoms with van der Waals surface area (Å²) in [5, 5.41) is 9.36. The van der Waals surface area contributed by atoms with Crippen molar-refractivity contribution in [1.29, 1.82) is 0 Å². The van der Waals surface area contributed by atoms with E-state index >= 15 is 0 Å². The normalized spacial score (nSPS) is 22.9. The van der Waals surface area contributed by atoms with E-state index in [1.165, 1.54) is 12.1 Å². The van der Waals surface area contributed by atoms with Gasteiger partial charge in [-0.2, -0.15) is 0 Å². The molecule has 2 amide bonds. The van der Waals surface area contributed by atoms with E-state index in [-0.39, 0.29) is 31.2 Å². The molecule has 0 unspecified atom stereocenters. The second-order valence-electron chi connectivity index (χ2n) is 8.92. The van der Waals surface area contributed by atoms with Gasteiger partial charge in [0.25, 0.3) is 0 Å². The van der Waals surface area contributed by atoms with Crippen LogP contribution in [-0.2, 0) is 21.7 Å². The summed E-state index contributed by atoms with van der Waals surface area (Å²) >= 11 is 0. The number of benzene rings is 2. The molecule has 182 valence electrons. The Kier molecular flexibility index (Phi) is 7.67. The zero-order valence-electron chi connectivity index (χ0n) is 19.2. The zero-order valence-corrected chi connectivity index (χ0v) is 19.2. The van der Waals surface area contributed by atoms with Crippen LogP contribution in [0, 0.1) is 5.82 Å². The van der Waals surface area contributed by atoms with E-state index in [1.807, 2.05) is 30.3 Å². The number of likely N-dealkylation sites (tertiary alicyclic amines) is 1. The Morgan fingerprint density at radius 2 is 1.91 bits per heavy atom. The molecule has 2 aliphatic heterocycles. The molecule has 0 aromatic heterocycles. The largest absolute Gasteiger partial charge is 0.445 e. The summed E-state index contributed by atoms with van der Waals surface area (Å²) in [4.78, 5) is 29.1. The third-order valence-corrected chi connectivity index (χ3v) is 6.68. The highest BCUT2D eigenvalue weighted by atomic mass is 19.1. The Labute approximate surface area is 199 Å². The average molecular weight is 471 g/mol. The fourth-order valence-corrected chi connectivity index (χ4v) is 4.83. The molecule has 7 nitrogen and oxygen atoms in total. The number of halogens is 1. The number of hydrogen-bond acceptors (Lipinski definition) is 5. The molecule has 0 saturated carbocycles. The van der Waals surface area contributed by atoms with Gasteiger partial charge in [-0.25, -0.2) is 14.0 Å². The molecule has 8 heteroatoms. The fraction of sp³-hybridized carbons (Fsp3) is 0.462. The van der Waals surface area contributed by atoms with Crippen LogP contribution in [0.3, 0.4) is 0 Å². The quantitative estimate of drug-likeness (QED) is 0.647. The van der Waals surface area contributed by atoms with Gasteiger partial charge in [0.15, 0.2) is 0 Å². The van der Waals surface area contributed by atoms with E-state index in [1.54, 1.807) is 21.9 Å². The molecule has 2 atom stereocenters. The van der Waals surface area contributed by atoms with Gasteiger partial charge in [0.05, 0.1) is 6.04 Å². The first-order valence-corrected chi connectivity index (χ1v) is 11.8. The predicted octanol–water partition coefficient (Wildman–Crippen LogP) is 4.44. The molecule has 0 bridgehead atoms. The third kappa shape index (κ3) is 5.50. The second-order valence-corrected chi connectivity index (χ2v) is 8.92. The van der Waals surface area contributed by atoms with E-state index in [4.69, 9.17) is 9.47 Å². The van der Waals surface area contributed by atoms with Gasteiger partial charge in [-0.1, -0.05) is 42.5 Å². The first-order valence-electron chi connectivity index (χ1n) is 11.8. The van der Waals surface area contributed by atoms with E-state index in [2.05, 4.69) is 0 Å². The number of ether oxygens (including phenoxy) is 2. The van der Waals surface area contributed by atoms with Gasteiger partial charge in [0, 0.05) is 32.7 Å². The topological polar surface area (TPSA) is 79.3 Å². The highest BCUT2D eigenvalue weighted by Crippen LogP contribution is 2.39. The number of cyclic esters (lactones) is 1. The molecule has 2 aliphatic rings. The van der Waals surface area contributed by atoms with E-state index in [9.17, 15) is 19.1 Å². The fourth-order valence-electron chi connectivity index (χ4n) is 4.83. The van der Waals surface area contributed by atoms with Crippen LogP contribution in [0.2, 0.25) is 0 Å². The van der Waals surface area contributed by atoms with E-state index < -0.39 is 11.7 Å². The summed E-state index contributed by atoms with van der Waals surface area (Å²) in [6, 6.07) is 15.3. The summed E-state index contributed by atoms with van der Waals surface area (Å²) in [6.45, 7) is 1.62. The summed E-state index contributed by atoms with van der Waals surface area (Å²) in [7, 11) is 0. The number of hydrogen-bond donors (Lipinski definition) is 1. The Balaban J connectivity index is 1.39. The van der Waals surface area contributed by atoms with Gasteiger partial charge in [-0.05, 0) is 48.9 Å². The number of nitrogens with zero attached hydrogens (tertiary/aromatic N) is 2. The SMILES string of the molecule is O=C(OCc1ccccc1)N1CCC[C@H](N2CC[C@](CCCO)(c3ccc(F)cc3)OC2=O)C1. The minimum atomic E-state index is -0.896. The molecule has 0 spiro atoms. The summed E-state index contributed by atoms with van der Waals surface area (Å²) in [5.41, 5.74) is 0.752. The number of rotatable bonds is 7. The molecule has 2 saturated heterocycles. The van der Waals surface area contributed by atoms with Gasteiger partial charge in [-0.3, -0.25) is 0 Å². The van der Waals surface area contributed by atoms with Crippen molar-refractivity contribution >= 4 is 12.2 Å². The van der Waals surface area contributed by atoms with Crippen molar-refractivity contribution < 1.29 is 28.6 Å². The third-order valence-electron chi connectivity index (χ3n) is 6.68. The summed E-state index contributed by atoms with van der Waals surface area (Å²) < 4.78 is 24.9. The lowest BCUT2D eigenvalue weighted by Gasteiger charge is -2.46. The Hall–Kier alpha value is -3.13. The number of carbonyl (C=O) groups excluding carboxylic acids is 2. The number of carbonyl (C=O) groups is 2. The lowest BCUT2D eigenvalue weighted by Crippen LogP contribution is -2.56. The Morgan fingerprint density at radius 3 is 2.62 bits per heavy atom. The minimum Gasteiger partial charge on any atom is -0.445 e. The maximum absolute atomic E-state index is 13.5. The highest BCUT2D eigenvalue weighted by molar-refractivity contribution is 5.71. The summed E-state index contributed by atoms with van der Waals surface area (Å²) in [6.07, 6.45) is 2.16.